The highest BCUT2D eigenvalue weighted by atomic mass is 16.1. The minimum atomic E-state index is -0.0469. The topological polar surface area (TPSA) is 99.2 Å². The van der Waals surface area contributed by atoms with E-state index >= 15 is 0 Å². The van der Waals surface area contributed by atoms with Crippen molar-refractivity contribution in [2.24, 2.45) is 7.05 Å². The first-order valence-corrected chi connectivity index (χ1v) is 11.8. The highest BCUT2D eigenvalue weighted by molar-refractivity contribution is 5.79. The van der Waals surface area contributed by atoms with E-state index in [-0.39, 0.29) is 5.69 Å². The van der Waals surface area contributed by atoms with Gasteiger partial charge in [0.05, 0.1) is 12.2 Å². The van der Waals surface area contributed by atoms with Gasteiger partial charge in [0.25, 0.3) is 0 Å². The molecule has 0 fully saturated rings. The molecule has 0 aliphatic carbocycles. The zero-order valence-electron chi connectivity index (χ0n) is 20.1. The lowest BCUT2D eigenvalue weighted by atomic mass is 10.0. The maximum atomic E-state index is 13.5. The van der Waals surface area contributed by atoms with Crippen LogP contribution in [0.4, 0.5) is 0 Å². The maximum absolute atomic E-state index is 13.5. The summed E-state index contributed by atoms with van der Waals surface area (Å²) in [5.41, 5.74) is 5.66. The largest absolute Gasteiger partial charge is 0.337 e. The molecule has 0 radical (unpaired) electrons. The molecule has 0 amide bonds. The van der Waals surface area contributed by atoms with E-state index in [0.29, 0.717) is 12.4 Å². The summed E-state index contributed by atoms with van der Waals surface area (Å²) in [4.78, 5) is 18.2. The summed E-state index contributed by atoms with van der Waals surface area (Å²) in [6.07, 6.45) is 8.73. The van der Waals surface area contributed by atoms with Crippen molar-refractivity contribution < 1.29 is 0 Å². The minimum absolute atomic E-state index is 0.0469. The predicted molar refractivity (Wildman–Crippen MR) is 134 cm³/mol. The minimum Gasteiger partial charge on any atom is -0.337 e. The zero-order valence-corrected chi connectivity index (χ0v) is 20.1. The van der Waals surface area contributed by atoms with Crippen molar-refractivity contribution >= 4 is 0 Å². The Bertz CT molecular complexity index is 1470. The highest BCUT2D eigenvalue weighted by Gasteiger charge is 2.17. The van der Waals surface area contributed by atoms with Crippen LogP contribution < -0.4 is 5.69 Å². The number of hydrogen-bond acceptors (Lipinski definition) is 5. The Morgan fingerprint density at radius 3 is 2.54 bits per heavy atom. The van der Waals surface area contributed by atoms with Gasteiger partial charge in [-0.1, -0.05) is 43.7 Å². The number of unbranched alkanes of at least 4 members (excludes halogenated alkanes) is 1. The van der Waals surface area contributed by atoms with Gasteiger partial charge in [-0.05, 0) is 48.2 Å². The molecule has 4 heterocycles. The van der Waals surface area contributed by atoms with Gasteiger partial charge in [0, 0.05) is 42.5 Å². The fourth-order valence-corrected chi connectivity index (χ4v) is 4.46. The number of pyridine rings is 1. The summed E-state index contributed by atoms with van der Waals surface area (Å²) in [6, 6.07) is 13.9. The molecule has 9 heteroatoms. The lowest BCUT2D eigenvalue weighted by molar-refractivity contribution is 0.661. The number of aryl methyl sites for hydroxylation is 3. The molecular formula is C26H28N8O. The number of hydrogen-bond donors (Lipinski definition) is 1. The van der Waals surface area contributed by atoms with Crippen LogP contribution in [0.3, 0.4) is 0 Å². The lowest BCUT2D eigenvalue weighted by Crippen LogP contribution is -2.26. The number of nitrogens with one attached hydrogen (secondary N) is 1. The first kappa shape index (κ1) is 22.5. The summed E-state index contributed by atoms with van der Waals surface area (Å²) in [6.45, 7) is 4.60. The van der Waals surface area contributed by atoms with Crippen LogP contribution in [0.1, 0.15) is 36.7 Å². The Kier molecular flexibility index (Phi) is 6.13. The van der Waals surface area contributed by atoms with Gasteiger partial charge >= 0.3 is 5.69 Å². The van der Waals surface area contributed by atoms with Gasteiger partial charge in [-0.2, -0.15) is 5.21 Å². The van der Waals surface area contributed by atoms with E-state index in [4.69, 9.17) is 4.98 Å². The monoisotopic (exact) mass is 468 g/mol. The molecule has 5 rings (SSSR count). The molecule has 35 heavy (non-hydrogen) atoms. The average Bonchev–Trinajstić information content (AvgIpc) is 3.60. The zero-order chi connectivity index (χ0) is 24.4. The van der Waals surface area contributed by atoms with Crippen LogP contribution in [-0.2, 0) is 20.0 Å². The molecule has 0 saturated heterocycles. The van der Waals surface area contributed by atoms with Crippen LogP contribution in [0.15, 0.2) is 65.8 Å². The van der Waals surface area contributed by atoms with E-state index in [9.17, 15) is 4.79 Å². The summed E-state index contributed by atoms with van der Waals surface area (Å²) < 4.78 is 5.59. The summed E-state index contributed by atoms with van der Waals surface area (Å²) >= 11 is 0. The molecule has 1 N–H and O–H groups in total. The molecule has 0 unspecified atom stereocenters. The van der Waals surface area contributed by atoms with Crippen LogP contribution in [-0.4, -0.2) is 39.3 Å². The van der Waals surface area contributed by atoms with Crippen molar-refractivity contribution in [2.75, 3.05) is 0 Å². The maximum Gasteiger partial charge on any atom is 0.334 e. The molecule has 5 aromatic rings. The van der Waals surface area contributed by atoms with E-state index < -0.39 is 0 Å². The molecule has 1 aromatic carbocycles. The number of nitrogens with zero attached hydrogens (tertiary/aromatic N) is 7. The second-order valence-corrected chi connectivity index (χ2v) is 8.72. The van der Waals surface area contributed by atoms with Crippen LogP contribution in [0.2, 0.25) is 0 Å². The van der Waals surface area contributed by atoms with Gasteiger partial charge in [0.1, 0.15) is 5.82 Å². The second kappa shape index (κ2) is 9.54. The van der Waals surface area contributed by atoms with E-state index in [2.05, 4.69) is 27.5 Å². The standard InChI is InChI=1S/C26H28N8O/c1-4-5-8-21-17-34(25-18(2)13-14-32(25)3)26(35)33(21)16-20-12-11-19(15-27-20)22-9-6-7-10-23(22)24-28-30-31-29-24/h6-7,9-15,17H,4-5,8,16H2,1-3H3,(H,28,29,30,31). The third-order valence-electron chi connectivity index (χ3n) is 6.28. The van der Waals surface area contributed by atoms with Crippen molar-refractivity contribution in [2.45, 2.75) is 39.7 Å². The molecule has 178 valence electrons. The third kappa shape index (κ3) is 4.32. The molecule has 9 nitrogen and oxygen atoms in total. The van der Waals surface area contributed by atoms with Crippen molar-refractivity contribution in [3.63, 3.8) is 0 Å². The molecule has 0 aliphatic heterocycles. The van der Waals surface area contributed by atoms with Crippen molar-refractivity contribution in [1.29, 1.82) is 0 Å². The third-order valence-corrected chi connectivity index (χ3v) is 6.28. The normalized spacial score (nSPS) is 11.3. The van der Waals surface area contributed by atoms with Crippen LogP contribution >= 0.6 is 0 Å². The fourth-order valence-electron chi connectivity index (χ4n) is 4.46. The summed E-state index contributed by atoms with van der Waals surface area (Å²) in [5.74, 6) is 1.43. The van der Waals surface area contributed by atoms with Gasteiger partial charge in [-0.15, -0.1) is 10.2 Å². The molecule has 0 spiro atoms. The Morgan fingerprint density at radius 2 is 1.89 bits per heavy atom. The average molecular weight is 469 g/mol. The summed E-state index contributed by atoms with van der Waals surface area (Å²) in [7, 11) is 1.96. The van der Waals surface area contributed by atoms with Crippen molar-refractivity contribution in [3.8, 4) is 28.3 Å². The molecule has 0 aliphatic rings. The fraction of sp³-hybridized carbons (Fsp3) is 0.269. The van der Waals surface area contributed by atoms with Crippen LogP contribution in [0.25, 0.3) is 28.3 Å². The predicted octanol–water partition coefficient (Wildman–Crippen LogP) is 3.92. The lowest BCUT2D eigenvalue weighted by Gasteiger charge is -2.09. The smallest absolute Gasteiger partial charge is 0.334 e. The molecule has 0 bridgehead atoms. The van der Waals surface area contributed by atoms with Gasteiger partial charge in [0.15, 0.2) is 0 Å². The first-order valence-electron chi connectivity index (χ1n) is 11.8. The molecular weight excluding hydrogens is 440 g/mol. The Labute approximate surface area is 203 Å². The molecule has 4 aromatic heterocycles. The van der Waals surface area contributed by atoms with E-state index in [0.717, 1.165) is 58.7 Å². The van der Waals surface area contributed by atoms with Crippen molar-refractivity contribution in [1.82, 2.24) is 39.3 Å². The van der Waals surface area contributed by atoms with Gasteiger partial charge in [-0.3, -0.25) is 14.1 Å². The SMILES string of the molecule is CCCCc1cn(-c2c(C)ccn2C)c(=O)n1Cc1ccc(-c2ccccc2-c2nn[nH]n2)cn1. The number of H-pyrrole nitrogens is 1. The van der Waals surface area contributed by atoms with Crippen LogP contribution in [0, 0.1) is 6.92 Å². The van der Waals surface area contributed by atoms with E-state index in [1.165, 1.54) is 0 Å². The number of aromatic nitrogens is 8. The van der Waals surface area contributed by atoms with Gasteiger partial charge in [0.2, 0.25) is 5.82 Å². The van der Waals surface area contributed by atoms with E-state index in [1.807, 2.05) is 84.2 Å². The summed E-state index contributed by atoms with van der Waals surface area (Å²) in [5, 5.41) is 14.4. The van der Waals surface area contributed by atoms with Gasteiger partial charge < -0.3 is 4.57 Å². The Morgan fingerprint density at radius 1 is 1.06 bits per heavy atom. The quantitative estimate of drug-likeness (QED) is 0.372. The first-order chi connectivity index (χ1) is 17.1. The molecule has 0 saturated carbocycles. The van der Waals surface area contributed by atoms with E-state index in [1.54, 1.807) is 4.57 Å². The number of rotatable bonds is 8. The van der Waals surface area contributed by atoms with Crippen molar-refractivity contribution in [3.05, 3.63) is 88.5 Å². The molecule has 0 atom stereocenters. The van der Waals surface area contributed by atoms with Crippen LogP contribution in [0.5, 0.6) is 0 Å². The number of benzene rings is 1. The van der Waals surface area contributed by atoms with Gasteiger partial charge in [-0.25, -0.2) is 4.79 Å². The second-order valence-electron chi connectivity index (χ2n) is 8.72. The number of aromatic amines is 1. The number of tetrazole rings is 1. The number of imidazole rings is 1. The highest BCUT2D eigenvalue weighted by Crippen LogP contribution is 2.29. The Balaban J connectivity index is 1.48. The Hall–Kier alpha value is -4.27.